The molecule has 0 aliphatic carbocycles. The molecule has 6 nitrogen and oxygen atoms in total. The molecule has 2 aromatic rings. The minimum absolute atomic E-state index is 0.0326. The van der Waals surface area contributed by atoms with E-state index in [1.54, 1.807) is 0 Å². The molecule has 0 radical (unpaired) electrons. The maximum atomic E-state index is 12.8. The molecule has 0 bridgehead atoms. The maximum Gasteiger partial charge on any atom is 0.239 e. The van der Waals surface area contributed by atoms with Crippen molar-refractivity contribution < 1.29 is 9.32 Å². The van der Waals surface area contributed by atoms with Gasteiger partial charge in [0.15, 0.2) is 0 Å². The van der Waals surface area contributed by atoms with Crippen molar-refractivity contribution in [3.05, 3.63) is 35.2 Å². The Bertz CT molecular complexity index is 755. The zero-order valence-electron chi connectivity index (χ0n) is 14.7. The van der Waals surface area contributed by atoms with E-state index in [1.807, 2.05) is 29.2 Å². The van der Waals surface area contributed by atoms with Crippen LogP contribution in [-0.4, -0.2) is 46.6 Å². The molecule has 7 heteroatoms. The summed E-state index contributed by atoms with van der Waals surface area (Å²) >= 11 is 5.93. The lowest BCUT2D eigenvalue weighted by Crippen LogP contribution is -2.51. The van der Waals surface area contributed by atoms with Gasteiger partial charge in [-0.2, -0.15) is 4.98 Å². The Morgan fingerprint density at radius 3 is 2.81 bits per heavy atom. The molecule has 1 N–H and O–H groups in total. The predicted octanol–water partition coefficient (Wildman–Crippen LogP) is 3.24. The van der Waals surface area contributed by atoms with Crippen molar-refractivity contribution in [3.63, 3.8) is 0 Å². The monoisotopic (exact) mass is 374 g/mol. The third-order valence-electron chi connectivity index (χ3n) is 5.23. The first-order chi connectivity index (χ1) is 12.7. The quantitative estimate of drug-likeness (QED) is 0.892. The summed E-state index contributed by atoms with van der Waals surface area (Å²) in [4.78, 5) is 19.3. The van der Waals surface area contributed by atoms with Gasteiger partial charge in [-0.15, -0.1) is 0 Å². The second-order valence-electron chi connectivity index (χ2n) is 7.09. The molecule has 1 aromatic heterocycles. The van der Waals surface area contributed by atoms with Crippen LogP contribution in [0.4, 0.5) is 0 Å². The fraction of sp³-hybridized carbons (Fsp3) is 0.526. The molecule has 2 unspecified atom stereocenters. The molecule has 4 rings (SSSR count). The van der Waals surface area contributed by atoms with Crippen LogP contribution in [0.2, 0.25) is 5.02 Å². The number of aromatic nitrogens is 2. The summed E-state index contributed by atoms with van der Waals surface area (Å²) in [5.74, 6) is 1.50. The molecule has 138 valence electrons. The Hall–Kier alpha value is -1.92. The summed E-state index contributed by atoms with van der Waals surface area (Å²) in [5, 5.41) is 8.13. The number of piperidine rings is 2. The van der Waals surface area contributed by atoms with Crippen molar-refractivity contribution in [2.75, 3.05) is 19.6 Å². The molecule has 3 heterocycles. The van der Waals surface area contributed by atoms with Crippen LogP contribution in [-0.2, 0) is 4.79 Å². The second-order valence-corrected chi connectivity index (χ2v) is 7.53. The highest BCUT2D eigenvalue weighted by atomic mass is 35.5. The number of carbonyl (C=O) groups excluding carboxylic acids is 1. The van der Waals surface area contributed by atoms with E-state index in [-0.39, 0.29) is 17.9 Å². The van der Waals surface area contributed by atoms with E-state index in [0.717, 1.165) is 50.8 Å². The Morgan fingerprint density at radius 1 is 1.19 bits per heavy atom. The highest BCUT2D eigenvalue weighted by Gasteiger charge is 2.32. The van der Waals surface area contributed by atoms with Gasteiger partial charge in [-0.3, -0.25) is 4.79 Å². The number of benzene rings is 1. The van der Waals surface area contributed by atoms with Gasteiger partial charge in [-0.1, -0.05) is 23.2 Å². The van der Waals surface area contributed by atoms with E-state index in [0.29, 0.717) is 23.3 Å². The molecule has 2 atom stereocenters. The third kappa shape index (κ3) is 3.76. The summed E-state index contributed by atoms with van der Waals surface area (Å²) in [6, 6.07) is 7.34. The highest BCUT2D eigenvalue weighted by Crippen LogP contribution is 2.28. The van der Waals surface area contributed by atoms with E-state index in [9.17, 15) is 4.79 Å². The molecule has 26 heavy (non-hydrogen) atoms. The van der Waals surface area contributed by atoms with Gasteiger partial charge in [0, 0.05) is 23.7 Å². The number of hydrogen-bond donors (Lipinski definition) is 1. The number of halogens is 1. The Morgan fingerprint density at radius 2 is 2.04 bits per heavy atom. The summed E-state index contributed by atoms with van der Waals surface area (Å²) in [7, 11) is 0. The van der Waals surface area contributed by atoms with Gasteiger partial charge in [-0.05, 0) is 56.5 Å². The maximum absolute atomic E-state index is 12.8. The normalized spacial score (nSPS) is 23.8. The minimum Gasteiger partial charge on any atom is -0.341 e. The molecule has 0 saturated carbocycles. The Balaban J connectivity index is 1.44. The average Bonchev–Trinajstić information content (AvgIpc) is 3.19. The van der Waals surface area contributed by atoms with Gasteiger partial charge in [0.1, 0.15) is 0 Å². The zero-order valence-corrected chi connectivity index (χ0v) is 15.4. The van der Waals surface area contributed by atoms with Crippen LogP contribution in [0.25, 0.3) is 11.4 Å². The first-order valence-electron chi connectivity index (χ1n) is 9.32. The van der Waals surface area contributed by atoms with E-state index in [2.05, 4.69) is 15.5 Å². The topological polar surface area (TPSA) is 71.3 Å². The molecule has 2 aliphatic heterocycles. The molecule has 1 amide bonds. The van der Waals surface area contributed by atoms with Gasteiger partial charge in [-0.25, -0.2) is 0 Å². The van der Waals surface area contributed by atoms with Crippen LogP contribution < -0.4 is 5.32 Å². The number of amides is 1. The smallest absolute Gasteiger partial charge is 0.239 e. The van der Waals surface area contributed by atoms with Crippen molar-refractivity contribution in [1.29, 1.82) is 0 Å². The number of rotatable bonds is 3. The molecule has 2 aliphatic rings. The van der Waals surface area contributed by atoms with E-state index >= 15 is 0 Å². The number of hydrogen-bond acceptors (Lipinski definition) is 5. The lowest BCUT2D eigenvalue weighted by Gasteiger charge is -2.35. The van der Waals surface area contributed by atoms with Gasteiger partial charge < -0.3 is 14.7 Å². The van der Waals surface area contributed by atoms with Crippen molar-refractivity contribution in [2.24, 2.45) is 0 Å². The van der Waals surface area contributed by atoms with E-state index < -0.39 is 0 Å². The standard InChI is InChI=1S/C19H23ClN4O2/c20-15-8-6-13(7-9-15)17-22-18(26-23-17)14-4-3-11-24(12-14)19(25)16-5-1-2-10-21-16/h6-9,14,16,21H,1-5,10-12H2. The summed E-state index contributed by atoms with van der Waals surface area (Å²) in [5.41, 5.74) is 0.875. The van der Waals surface area contributed by atoms with Crippen LogP contribution >= 0.6 is 11.6 Å². The van der Waals surface area contributed by atoms with Crippen molar-refractivity contribution in [2.45, 2.75) is 44.1 Å². The van der Waals surface area contributed by atoms with Crippen molar-refractivity contribution in [1.82, 2.24) is 20.4 Å². The van der Waals surface area contributed by atoms with E-state index in [1.165, 1.54) is 0 Å². The molecular formula is C19H23ClN4O2. The summed E-state index contributed by atoms with van der Waals surface area (Å²) in [6.07, 6.45) is 5.13. The Kier molecular flexibility index (Phi) is 5.22. The average molecular weight is 375 g/mol. The number of nitrogens with zero attached hydrogens (tertiary/aromatic N) is 3. The largest absolute Gasteiger partial charge is 0.341 e. The fourth-order valence-corrected chi connectivity index (χ4v) is 3.91. The van der Waals surface area contributed by atoms with Gasteiger partial charge in [0.05, 0.1) is 12.0 Å². The van der Waals surface area contributed by atoms with Crippen LogP contribution in [0.5, 0.6) is 0 Å². The molecule has 2 fully saturated rings. The van der Waals surface area contributed by atoms with Gasteiger partial charge >= 0.3 is 0 Å². The zero-order chi connectivity index (χ0) is 17.9. The number of likely N-dealkylation sites (tertiary alicyclic amines) is 1. The lowest BCUT2D eigenvalue weighted by molar-refractivity contribution is -0.135. The Labute approximate surface area is 157 Å². The molecular weight excluding hydrogens is 352 g/mol. The van der Waals surface area contributed by atoms with Crippen LogP contribution in [0, 0.1) is 0 Å². The van der Waals surface area contributed by atoms with Gasteiger partial charge in [0.25, 0.3) is 0 Å². The number of nitrogens with one attached hydrogen (secondary N) is 1. The highest BCUT2D eigenvalue weighted by molar-refractivity contribution is 6.30. The SMILES string of the molecule is O=C(C1CCCCN1)N1CCCC(c2nc(-c3ccc(Cl)cc3)no2)C1. The summed E-state index contributed by atoms with van der Waals surface area (Å²) in [6.45, 7) is 2.40. The van der Waals surface area contributed by atoms with Crippen molar-refractivity contribution >= 4 is 17.5 Å². The lowest BCUT2D eigenvalue weighted by atomic mass is 9.96. The van der Waals surface area contributed by atoms with Gasteiger partial charge in [0.2, 0.25) is 17.6 Å². The van der Waals surface area contributed by atoms with Crippen LogP contribution in [0.15, 0.2) is 28.8 Å². The first-order valence-corrected chi connectivity index (χ1v) is 9.70. The van der Waals surface area contributed by atoms with Crippen molar-refractivity contribution in [3.8, 4) is 11.4 Å². The third-order valence-corrected chi connectivity index (χ3v) is 5.49. The van der Waals surface area contributed by atoms with Crippen LogP contribution in [0.1, 0.15) is 43.9 Å². The predicted molar refractivity (Wildman–Crippen MR) is 98.9 cm³/mol. The molecule has 1 aromatic carbocycles. The number of carbonyl (C=O) groups is 1. The fourth-order valence-electron chi connectivity index (χ4n) is 3.78. The summed E-state index contributed by atoms with van der Waals surface area (Å²) < 4.78 is 5.51. The minimum atomic E-state index is -0.0326. The van der Waals surface area contributed by atoms with E-state index in [4.69, 9.17) is 16.1 Å². The first kappa shape index (κ1) is 17.5. The van der Waals surface area contributed by atoms with Crippen LogP contribution in [0.3, 0.4) is 0 Å². The second kappa shape index (κ2) is 7.76. The molecule has 2 saturated heterocycles. The molecule has 0 spiro atoms.